The van der Waals surface area contributed by atoms with Crippen molar-refractivity contribution in [3.63, 3.8) is 0 Å². The fourth-order valence-corrected chi connectivity index (χ4v) is 3.69. The van der Waals surface area contributed by atoms with E-state index in [4.69, 9.17) is 10.8 Å². The maximum Gasteiger partial charge on any atom is 4.00 e. The fraction of sp³-hybridized carbons (Fsp3) is 0.417. The Morgan fingerprint density at radius 3 is 1.00 bits per heavy atom. The molecule has 7 nitrogen and oxygen atoms in total. The number of hydrogen-bond donors (Lipinski definition) is 1. The third-order valence-electron chi connectivity index (χ3n) is 5.05. The van der Waals surface area contributed by atoms with Crippen LogP contribution >= 0.6 is 0 Å². The number of benzene rings is 3. The second kappa shape index (κ2) is 23.7. The van der Waals surface area contributed by atoms with Crippen LogP contribution in [-0.2, 0) is 27.3 Å². The number of rotatable bonds is 5. The predicted octanol–water partition coefficient (Wildman–Crippen LogP) is 3.76. The summed E-state index contributed by atoms with van der Waals surface area (Å²) in [4.78, 5) is 0. The number of nitrogens with zero attached hydrogens (tertiary/aromatic N) is 2. The zero-order chi connectivity index (χ0) is 33.0. The SMILES string of the molecule is CC(C)[O-].CC(C)[O-].CC(C)[O-].CC(C)[O-].CC(N)c1cnn(C(c2ccccc2)(c2ccccc2)c2ccccc2)c1.[Ti+4]. The molecule has 0 aliphatic rings. The van der Waals surface area contributed by atoms with E-state index in [2.05, 4.69) is 79.0 Å². The van der Waals surface area contributed by atoms with Gasteiger partial charge in [-0.25, -0.2) is 0 Å². The van der Waals surface area contributed by atoms with Gasteiger partial charge in [-0.1, -0.05) is 146 Å². The average molecular weight is 638 g/mol. The van der Waals surface area contributed by atoms with E-state index in [1.54, 1.807) is 55.4 Å². The Morgan fingerprint density at radius 2 is 0.795 bits per heavy atom. The normalized spacial score (nSPS) is 11.0. The van der Waals surface area contributed by atoms with E-state index in [0.29, 0.717) is 0 Å². The first-order valence-corrected chi connectivity index (χ1v) is 14.8. The van der Waals surface area contributed by atoms with Crippen LogP contribution in [0, 0.1) is 0 Å². The summed E-state index contributed by atoms with van der Waals surface area (Å²) in [5, 5.41) is 42.9. The first kappa shape index (κ1) is 43.5. The minimum atomic E-state index is -0.572. The molecule has 0 bridgehead atoms. The van der Waals surface area contributed by atoms with E-state index in [0.717, 1.165) is 22.3 Å². The van der Waals surface area contributed by atoms with Crippen LogP contribution < -0.4 is 26.2 Å². The minimum absolute atomic E-state index is 0. The monoisotopic (exact) mass is 637 g/mol. The quantitative estimate of drug-likeness (QED) is 0.262. The second-order valence-electron chi connectivity index (χ2n) is 11.0. The Morgan fingerprint density at radius 1 is 0.545 bits per heavy atom. The van der Waals surface area contributed by atoms with Crippen LogP contribution in [0.2, 0.25) is 0 Å². The van der Waals surface area contributed by atoms with Crippen LogP contribution in [0.1, 0.15) is 90.6 Å². The molecule has 2 N–H and O–H groups in total. The summed E-state index contributed by atoms with van der Waals surface area (Å²) < 4.78 is 2.05. The van der Waals surface area contributed by atoms with Crippen molar-refractivity contribution in [2.24, 2.45) is 5.73 Å². The maximum atomic E-state index is 9.53. The molecule has 3 aromatic carbocycles. The molecule has 44 heavy (non-hydrogen) atoms. The second-order valence-corrected chi connectivity index (χ2v) is 11.0. The van der Waals surface area contributed by atoms with E-state index >= 15 is 0 Å². The smallest absolute Gasteiger partial charge is 0.852 e. The van der Waals surface area contributed by atoms with Gasteiger partial charge in [-0.3, -0.25) is 4.68 Å². The van der Waals surface area contributed by atoms with Gasteiger partial charge in [-0.15, -0.1) is 24.4 Å². The van der Waals surface area contributed by atoms with E-state index in [1.807, 2.05) is 36.0 Å². The van der Waals surface area contributed by atoms with Gasteiger partial charge in [0.05, 0.1) is 6.20 Å². The Labute approximate surface area is 280 Å². The summed E-state index contributed by atoms with van der Waals surface area (Å²) in [6.07, 6.45) is 2.27. The van der Waals surface area contributed by atoms with Crippen LogP contribution in [0.15, 0.2) is 103 Å². The van der Waals surface area contributed by atoms with E-state index < -0.39 is 30.0 Å². The number of hydrogen-bond acceptors (Lipinski definition) is 6. The first-order chi connectivity index (χ1) is 20.2. The summed E-state index contributed by atoms with van der Waals surface area (Å²) >= 11 is 0. The van der Waals surface area contributed by atoms with Crippen LogP contribution in [0.25, 0.3) is 0 Å². The summed E-state index contributed by atoms with van der Waals surface area (Å²) in [5.74, 6) is 0. The van der Waals surface area contributed by atoms with Gasteiger partial charge in [0.15, 0.2) is 0 Å². The molecule has 1 atom stereocenters. The topological polar surface area (TPSA) is 136 Å². The Kier molecular flexibility index (Phi) is 23.5. The average Bonchev–Trinajstić information content (AvgIpc) is 3.41. The van der Waals surface area contributed by atoms with Crippen molar-refractivity contribution in [2.75, 3.05) is 0 Å². The molecule has 0 saturated carbocycles. The van der Waals surface area contributed by atoms with Crippen molar-refractivity contribution in [3.8, 4) is 0 Å². The molecular weight excluding hydrogens is 586 g/mol. The zero-order valence-electron chi connectivity index (χ0n) is 27.8. The molecule has 1 aromatic heterocycles. The summed E-state index contributed by atoms with van der Waals surface area (Å²) in [6.45, 7) is 14.9. The zero-order valence-corrected chi connectivity index (χ0v) is 29.4. The Bertz CT molecular complexity index is 1070. The molecule has 238 valence electrons. The summed E-state index contributed by atoms with van der Waals surface area (Å²) in [7, 11) is 0. The van der Waals surface area contributed by atoms with Crippen molar-refractivity contribution in [1.82, 2.24) is 9.78 Å². The molecule has 4 rings (SSSR count). The first-order valence-electron chi connectivity index (χ1n) is 14.8. The molecule has 0 spiro atoms. The van der Waals surface area contributed by atoms with E-state index in [1.165, 1.54) is 0 Å². The van der Waals surface area contributed by atoms with Gasteiger partial charge in [-0.2, -0.15) is 5.10 Å². The van der Waals surface area contributed by atoms with Crippen LogP contribution in [-0.4, -0.2) is 34.2 Å². The molecule has 8 heteroatoms. The molecule has 0 radical (unpaired) electrons. The molecule has 0 fully saturated rings. The molecule has 0 amide bonds. The van der Waals surface area contributed by atoms with E-state index in [-0.39, 0.29) is 27.8 Å². The van der Waals surface area contributed by atoms with Crippen molar-refractivity contribution in [3.05, 3.63) is 126 Å². The third-order valence-corrected chi connectivity index (χ3v) is 5.05. The van der Waals surface area contributed by atoms with Gasteiger partial charge in [0.25, 0.3) is 0 Å². The molecule has 0 aliphatic heterocycles. The van der Waals surface area contributed by atoms with Gasteiger partial charge >= 0.3 is 21.7 Å². The van der Waals surface area contributed by atoms with Crippen molar-refractivity contribution in [1.29, 1.82) is 0 Å². The van der Waals surface area contributed by atoms with Gasteiger partial charge in [0.1, 0.15) is 5.54 Å². The van der Waals surface area contributed by atoms with Crippen molar-refractivity contribution >= 4 is 0 Å². The van der Waals surface area contributed by atoms with Gasteiger partial charge < -0.3 is 26.2 Å². The minimum Gasteiger partial charge on any atom is -0.852 e. The van der Waals surface area contributed by atoms with Gasteiger partial charge in [0, 0.05) is 17.8 Å². The van der Waals surface area contributed by atoms with Gasteiger partial charge in [0.2, 0.25) is 0 Å². The van der Waals surface area contributed by atoms with Crippen LogP contribution in [0.5, 0.6) is 0 Å². The van der Waals surface area contributed by atoms with Crippen LogP contribution in [0.4, 0.5) is 0 Å². The van der Waals surface area contributed by atoms with Gasteiger partial charge in [-0.05, 0) is 23.6 Å². The molecule has 1 heterocycles. The summed E-state index contributed by atoms with van der Waals surface area (Å²) in [5.41, 5.74) is 10.0. The van der Waals surface area contributed by atoms with Crippen LogP contribution in [0.3, 0.4) is 0 Å². The summed E-state index contributed by atoms with van der Waals surface area (Å²) in [6, 6.07) is 31.5. The largest absolute Gasteiger partial charge is 4.00 e. The molecule has 0 saturated heterocycles. The van der Waals surface area contributed by atoms with Crippen molar-refractivity contribution in [2.45, 2.75) is 98.3 Å². The Hall–Kier alpha value is -2.62. The number of aromatic nitrogens is 2. The molecule has 1 unspecified atom stereocenters. The third kappa shape index (κ3) is 17.0. The molecule has 4 aromatic rings. The standard InChI is InChI=1S/C24H23N3.4C3H7O.Ti/c1-19(25)20-17-26-27(18-20)24(21-11-5-2-6-12-21,22-13-7-3-8-14-22)23-15-9-4-10-16-23;4*1-3(2)4;/h2-19H,25H2,1H3;4*3H,1-2H3;/q;4*-1;+4. The maximum absolute atomic E-state index is 9.53. The fourth-order valence-electron chi connectivity index (χ4n) is 3.69. The Balaban J connectivity index is 0. The number of nitrogens with two attached hydrogens (primary N) is 1. The van der Waals surface area contributed by atoms with E-state index in [9.17, 15) is 20.4 Å². The predicted molar refractivity (Wildman–Crippen MR) is 170 cm³/mol. The molecule has 0 aliphatic carbocycles. The van der Waals surface area contributed by atoms with Crippen molar-refractivity contribution < 1.29 is 42.1 Å². The molecular formula is C36H51N3O4Ti.